The molecule has 7 nitrogen and oxygen atoms in total. The predicted octanol–water partition coefficient (Wildman–Crippen LogP) is 4.03. The van der Waals surface area contributed by atoms with Gasteiger partial charge in [-0.1, -0.05) is 42.3 Å². The van der Waals surface area contributed by atoms with Crippen molar-refractivity contribution in [3.8, 4) is 0 Å². The van der Waals surface area contributed by atoms with E-state index in [1.165, 1.54) is 17.3 Å². The van der Waals surface area contributed by atoms with Crippen LogP contribution in [0.25, 0.3) is 0 Å². The van der Waals surface area contributed by atoms with Crippen LogP contribution in [0.2, 0.25) is 5.02 Å². The fourth-order valence-electron chi connectivity index (χ4n) is 3.78. The molecule has 2 amide bonds. The van der Waals surface area contributed by atoms with Gasteiger partial charge in [0.2, 0.25) is 21.8 Å². The third-order valence-corrected chi connectivity index (χ3v) is 7.72. The van der Waals surface area contributed by atoms with Crippen LogP contribution in [0, 0.1) is 6.92 Å². The van der Waals surface area contributed by atoms with Gasteiger partial charge in [-0.15, -0.1) is 0 Å². The van der Waals surface area contributed by atoms with Gasteiger partial charge in [0.25, 0.3) is 0 Å². The summed E-state index contributed by atoms with van der Waals surface area (Å²) in [4.78, 5) is 24.7. The molecule has 172 valence electrons. The van der Waals surface area contributed by atoms with Crippen LogP contribution < -0.4 is 10.6 Å². The zero-order chi connectivity index (χ0) is 23.3. The fourth-order valence-corrected chi connectivity index (χ4v) is 5.59. The average molecular weight is 478 g/mol. The van der Waals surface area contributed by atoms with Gasteiger partial charge in [-0.3, -0.25) is 9.59 Å². The number of rotatable bonds is 7. The molecule has 1 aliphatic rings. The summed E-state index contributed by atoms with van der Waals surface area (Å²) in [6, 6.07) is 11.2. The Morgan fingerprint density at radius 1 is 1.09 bits per heavy atom. The number of nitrogens with one attached hydrogen (secondary N) is 2. The molecule has 0 saturated carbocycles. The summed E-state index contributed by atoms with van der Waals surface area (Å²) in [5, 5.41) is 6.01. The minimum atomic E-state index is -3.62. The molecule has 0 bridgehead atoms. The topological polar surface area (TPSA) is 95.6 Å². The minimum absolute atomic E-state index is 0.0497. The standard InChI is InChI=1S/C23H28ClN3O4S/c1-16-10-11-18(32(30,31)27-12-6-3-7-13-27)14-21(16)26-23(29)15-22(25-17(2)28)19-8-4-5-9-20(19)24/h4-5,8-11,14,22H,3,6-7,12-13,15H2,1-2H3,(H,25,28)(H,26,29). The summed E-state index contributed by atoms with van der Waals surface area (Å²) >= 11 is 6.26. The molecule has 1 atom stereocenters. The first-order chi connectivity index (χ1) is 15.2. The van der Waals surface area contributed by atoms with Crippen molar-refractivity contribution in [1.29, 1.82) is 0 Å². The van der Waals surface area contributed by atoms with Crippen molar-refractivity contribution in [2.45, 2.75) is 50.5 Å². The number of halogens is 1. The largest absolute Gasteiger partial charge is 0.349 e. The van der Waals surface area contributed by atoms with E-state index in [-0.39, 0.29) is 23.1 Å². The lowest BCUT2D eigenvalue weighted by molar-refractivity contribution is -0.120. The van der Waals surface area contributed by atoms with Crippen molar-refractivity contribution in [2.24, 2.45) is 0 Å². The number of nitrogens with zero attached hydrogens (tertiary/aromatic N) is 1. The molecule has 0 aromatic heterocycles. The second kappa shape index (κ2) is 10.5. The molecule has 2 N–H and O–H groups in total. The first kappa shape index (κ1) is 24.2. The Bertz CT molecular complexity index is 1100. The Morgan fingerprint density at radius 3 is 2.44 bits per heavy atom. The summed E-state index contributed by atoms with van der Waals surface area (Å²) in [6.07, 6.45) is 2.68. The van der Waals surface area contributed by atoms with Crippen molar-refractivity contribution < 1.29 is 18.0 Å². The van der Waals surface area contributed by atoms with Gasteiger partial charge in [-0.05, 0) is 49.1 Å². The van der Waals surface area contributed by atoms with E-state index in [4.69, 9.17) is 11.6 Å². The maximum atomic E-state index is 13.0. The molecule has 1 heterocycles. The molecule has 2 aromatic carbocycles. The van der Waals surface area contributed by atoms with E-state index >= 15 is 0 Å². The Hall–Kier alpha value is -2.42. The van der Waals surface area contributed by atoms with Crippen LogP contribution >= 0.6 is 11.6 Å². The maximum Gasteiger partial charge on any atom is 0.243 e. The molecule has 1 saturated heterocycles. The molecule has 0 aliphatic carbocycles. The van der Waals surface area contributed by atoms with E-state index in [2.05, 4.69) is 10.6 Å². The summed E-state index contributed by atoms with van der Waals surface area (Å²) in [6.45, 7) is 4.19. The number of anilines is 1. The van der Waals surface area contributed by atoms with Crippen LogP contribution in [0.4, 0.5) is 5.69 Å². The molecule has 0 spiro atoms. The highest BCUT2D eigenvalue weighted by Gasteiger charge is 2.27. The van der Waals surface area contributed by atoms with Crippen molar-refractivity contribution in [1.82, 2.24) is 9.62 Å². The molecule has 32 heavy (non-hydrogen) atoms. The van der Waals surface area contributed by atoms with Gasteiger partial charge in [0.15, 0.2) is 0 Å². The smallest absolute Gasteiger partial charge is 0.243 e. The monoisotopic (exact) mass is 477 g/mol. The number of amides is 2. The first-order valence-electron chi connectivity index (χ1n) is 10.6. The SMILES string of the molecule is CC(=O)NC(CC(=O)Nc1cc(S(=O)(=O)N2CCCCC2)ccc1C)c1ccccc1Cl. The number of aryl methyl sites for hydroxylation is 1. The van der Waals surface area contributed by atoms with Crippen molar-refractivity contribution >= 4 is 39.1 Å². The highest BCUT2D eigenvalue weighted by Crippen LogP contribution is 2.28. The van der Waals surface area contributed by atoms with Crippen LogP contribution in [-0.4, -0.2) is 37.6 Å². The van der Waals surface area contributed by atoms with Gasteiger partial charge in [-0.25, -0.2) is 8.42 Å². The van der Waals surface area contributed by atoms with Gasteiger partial charge in [0.05, 0.1) is 17.4 Å². The lowest BCUT2D eigenvalue weighted by atomic mass is 10.0. The van der Waals surface area contributed by atoms with Crippen LogP contribution in [0.15, 0.2) is 47.4 Å². The first-order valence-corrected chi connectivity index (χ1v) is 12.4. The third-order valence-electron chi connectivity index (χ3n) is 5.48. The molecule has 1 aliphatic heterocycles. The van der Waals surface area contributed by atoms with Crippen molar-refractivity contribution in [3.63, 3.8) is 0 Å². The van der Waals surface area contributed by atoms with E-state index in [0.29, 0.717) is 29.4 Å². The quantitative estimate of drug-likeness (QED) is 0.629. The Morgan fingerprint density at radius 2 is 1.78 bits per heavy atom. The van der Waals surface area contributed by atoms with E-state index in [1.54, 1.807) is 43.3 Å². The minimum Gasteiger partial charge on any atom is -0.349 e. The van der Waals surface area contributed by atoms with Crippen LogP contribution in [0.3, 0.4) is 0 Å². The van der Waals surface area contributed by atoms with E-state index < -0.39 is 16.1 Å². The van der Waals surface area contributed by atoms with Gasteiger partial charge >= 0.3 is 0 Å². The summed E-state index contributed by atoms with van der Waals surface area (Å²) in [7, 11) is -3.62. The zero-order valence-corrected chi connectivity index (χ0v) is 19.8. The maximum absolute atomic E-state index is 13.0. The molecule has 1 unspecified atom stereocenters. The van der Waals surface area contributed by atoms with Gasteiger partial charge in [0, 0.05) is 30.7 Å². The Balaban J connectivity index is 1.80. The molecule has 3 rings (SSSR count). The van der Waals surface area contributed by atoms with Crippen LogP contribution in [0.1, 0.15) is 49.8 Å². The lowest BCUT2D eigenvalue weighted by Gasteiger charge is -2.26. The summed E-state index contributed by atoms with van der Waals surface area (Å²) in [5.41, 5.74) is 1.80. The number of hydrogen-bond acceptors (Lipinski definition) is 4. The second-order valence-corrected chi connectivity index (χ2v) is 10.3. The number of sulfonamides is 1. The van der Waals surface area contributed by atoms with E-state index in [9.17, 15) is 18.0 Å². The highest BCUT2D eigenvalue weighted by atomic mass is 35.5. The predicted molar refractivity (Wildman–Crippen MR) is 125 cm³/mol. The van der Waals surface area contributed by atoms with Crippen molar-refractivity contribution in [2.75, 3.05) is 18.4 Å². The number of hydrogen-bond donors (Lipinski definition) is 2. The van der Waals surface area contributed by atoms with Crippen LogP contribution in [-0.2, 0) is 19.6 Å². The molecule has 9 heteroatoms. The molecule has 0 radical (unpaired) electrons. The van der Waals surface area contributed by atoms with Crippen molar-refractivity contribution in [3.05, 3.63) is 58.6 Å². The Kier molecular flexibility index (Phi) is 7.92. The summed E-state index contributed by atoms with van der Waals surface area (Å²) < 4.78 is 27.5. The lowest BCUT2D eigenvalue weighted by Crippen LogP contribution is -2.35. The van der Waals surface area contributed by atoms with Gasteiger partial charge < -0.3 is 10.6 Å². The van der Waals surface area contributed by atoms with E-state index in [1.807, 2.05) is 0 Å². The van der Waals surface area contributed by atoms with Gasteiger partial charge in [0.1, 0.15) is 0 Å². The Labute approximate surface area is 194 Å². The summed E-state index contributed by atoms with van der Waals surface area (Å²) in [5.74, 6) is -0.646. The zero-order valence-electron chi connectivity index (χ0n) is 18.2. The number of carbonyl (C=O) groups excluding carboxylic acids is 2. The normalized spacial score (nSPS) is 15.7. The van der Waals surface area contributed by atoms with Gasteiger partial charge in [-0.2, -0.15) is 4.31 Å². The number of piperidine rings is 1. The number of carbonyl (C=O) groups is 2. The molecular formula is C23H28ClN3O4S. The fraction of sp³-hybridized carbons (Fsp3) is 0.391. The number of benzene rings is 2. The second-order valence-electron chi connectivity index (χ2n) is 7.97. The molecule has 1 fully saturated rings. The van der Waals surface area contributed by atoms with Crippen LogP contribution in [0.5, 0.6) is 0 Å². The molecular weight excluding hydrogens is 450 g/mol. The third kappa shape index (κ3) is 5.88. The average Bonchev–Trinajstić information content (AvgIpc) is 2.75. The molecule has 2 aromatic rings. The van der Waals surface area contributed by atoms with E-state index in [0.717, 1.165) is 24.8 Å². The highest BCUT2D eigenvalue weighted by molar-refractivity contribution is 7.89.